The van der Waals surface area contributed by atoms with Gasteiger partial charge in [-0.1, -0.05) is 23.9 Å². The summed E-state index contributed by atoms with van der Waals surface area (Å²) < 4.78 is 8.01. The van der Waals surface area contributed by atoms with Crippen LogP contribution in [-0.4, -0.2) is 27.1 Å². The van der Waals surface area contributed by atoms with Crippen molar-refractivity contribution in [1.29, 1.82) is 5.26 Å². The number of rotatable bonds is 7. The third-order valence-corrected chi connectivity index (χ3v) is 5.64. The summed E-state index contributed by atoms with van der Waals surface area (Å²) in [6.45, 7) is 0.561. The summed E-state index contributed by atoms with van der Waals surface area (Å²) >= 11 is 3.36. The summed E-state index contributed by atoms with van der Waals surface area (Å²) in [7, 11) is 0. The van der Waals surface area contributed by atoms with Gasteiger partial charge in [-0.15, -0.1) is 21.5 Å². The van der Waals surface area contributed by atoms with E-state index in [2.05, 4.69) is 32.3 Å². The van der Waals surface area contributed by atoms with Crippen LogP contribution < -0.4 is 4.74 Å². The van der Waals surface area contributed by atoms with Crippen LogP contribution in [0, 0.1) is 11.3 Å². The fraction of sp³-hybridized carbons (Fsp3) is 0.278. The number of aromatic nitrogens is 3. The maximum absolute atomic E-state index is 8.92. The van der Waals surface area contributed by atoms with E-state index in [9.17, 15) is 0 Å². The first-order chi connectivity index (χ1) is 12.3. The van der Waals surface area contributed by atoms with E-state index < -0.39 is 0 Å². The molecule has 0 aliphatic heterocycles. The lowest BCUT2D eigenvalue weighted by molar-refractivity contribution is 0.343. The highest BCUT2D eigenvalue weighted by Crippen LogP contribution is 2.41. The quantitative estimate of drug-likeness (QED) is 0.457. The maximum Gasteiger partial charge on any atom is 0.191 e. The van der Waals surface area contributed by atoms with Gasteiger partial charge in [-0.05, 0) is 42.5 Å². The van der Waals surface area contributed by atoms with Crippen molar-refractivity contribution in [3.8, 4) is 22.5 Å². The summed E-state index contributed by atoms with van der Waals surface area (Å²) in [4.78, 5) is 1.16. The lowest BCUT2D eigenvalue weighted by atomic mass is 10.2. The number of thiophene rings is 1. The highest BCUT2D eigenvalue weighted by molar-refractivity contribution is 7.99. The molecule has 0 bridgehead atoms. The standard InChI is InChI=1S/C18H16N4OS2/c19-12-13-3-1-4-15(11-13)23-8-10-25-18-21-20-17(16-5-2-9-24-16)22(18)14-6-7-14/h1-5,9,11,14H,6-8,10H2. The fourth-order valence-corrected chi connectivity index (χ4v) is 4.09. The first-order valence-corrected chi connectivity index (χ1v) is 9.96. The molecule has 0 atom stereocenters. The van der Waals surface area contributed by atoms with E-state index in [1.807, 2.05) is 18.2 Å². The molecule has 0 spiro atoms. The van der Waals surface area contributed by atoms with Crippen molar-refractivity contribution in [3.63, 3.8) is 0 Å². The van der Waals surface area contributed by atoms with Crippen molar-refractivity contribution >= 4 is 23.1 Å². The SMILES string of the molecule is N#Cc1cccc(OCCSc2nnc(-c3cccs3)n2C2CC2)c1. The highest BCUT2D eigenvalue weighted by Gasteiger charge is 2.30. The predicted molar refractivity (Wildman–Crippen MR) is 99.0 cm³/mol. The molecular formula is C18H16N4OS2. The molecule has 0 radical (unpaired) electrons. The van der Waals surface area contributed by atoms with E-state index in [0.29, 0.717) is 18.2 Å². The van der Waals surface area contributed by atoms with Gasteiger partial charge in [0.05, 0.1) is 23.1 Å². The Kier molecular flexibility index (Phi) is 4.72. The van der Waals surface area contributed by atoms with Crippen LogP contribution in [0.15, 0.2) is 46.9 Å². The summed E-state index contributed by atoms with van der Waals surface area (Å²) in [5.41, 5.74) is 0.610. The van der Waals surface area contributed by atoms with Crippen molar-refractivity contribution in [1.82, 2.24) is 14.8 Å². The molecule has 1 saturated carbocycles. The molecule has 7 heteroatoms. The van der Waals surface area contributed by atoms with Gasteiger partial charge in [0.2, 0.25) is 0 Å². The molecule has 0 saturated heterocycles. The lowest BCUT2D eigenvalue weighted by Crippen LogP contribution is -2.03. The molecule has 1 fully saturated rings. The van der Waals surface area contributed by atoms with Crippen LogP contribution in [0.5, 0.6) is 5.75 Å². The normalized spacial score (nSPS) is 13.6. The number of nitrogens with zero attached hydrogens (tertiary/aromatic N) is 4. The summed E-state index contributed by atoms with van der Waals surface area (Å²) in [6, 6.07) is 14.0. The molecule has 25 heavy (non-hydrogen) atoms. The van der Waals surface area contributed by atoms with Gasteiger partial charge in [-0.25, -0.2) is 0 Å². The number of ether oxygens (including phenoxy) is 1. The van der Waals surface area contributed by atoms with Crippen molar-refractivity contribution in [2.75, 3.05) is 12.4 Å². The molecule has 0 unspecified atom stereocenters. The molecule has 126 valence electrons. The van der Waals surface area contributed by atoms with Crippen molar-refractivity contribution < 1.29 is 4.74 Å². The van der Waals surface area contributed by atoms with Crippen LogP contribution in [0.3, 0.4) is 0 Å². The number of hydrogen-bond acceptors (Lipinski definition) is 6. The minimum absolute atomic E-state index is 0.530. The third-order valence-electron chi connectivity index (χ3n) is 3.86. The van der Waals surface area contributed by atoms with Gasteiger partial charge in [-0.2, -0.15) is 5.26 Å². The van der Waals surface area contributed by atoms with Crippen LogP contribution in [0.4, 0.5) is 0 Å². The zero-order valence-corrected chi connectivity index (χ0v) is 15.1. The van der Waals surface area contributed by atoms with Gasteiger partial charge in [-0.3, -0.25) is 4.57 Å². The highest BCUT2D eigenvalue weighted by atomic mass is 32.2. The fourth-order valence-electron chi connectivity index (χ4n) is 2.56. The van der Waals surface area contributed by atoms with E-state index >= 15 is 0 Å². The minimum atomic E-state index is 0.530. The third kappa shape index (κ3) is 3.70. The number of hydrogen-bond donors (Lipinski definition) is 0. The Morgan fingerprint density at radius 1 is 1.28 bits per heavy atom. The molecule has 2 heterocycles. The van der Waals surface area contributed by atoms with Crippen LogP contribution in [-0.2, 0) is 0 Å². The topological polar surface area (TPSA) is 63.7 Å². The summed E-state index contributed by atoms with van der Waals surface area (Å²) in [6.07, 6.45) is 2.39. The maximum atomic E-state index is 8.92. The largest absolute Gasteiger partial charge is 0.493 e. The lowest BCUT2D eigenvalue weighted by Gasteiger charge is -2.08. The zero-order valence-electron chi connectivity index (χ0n) is 13.5. The van der Waals surface area contributed by atoms with Crippen molar-refractivity contribution in [2.45, 2.75) is 24.0 Å². The molecule has 0 amide bonds. The second-order valence-electron chi connectivity index (χ2n) is 5.72. The Bertz CT molecular complexity index is 894. The van der Waals surface area contributed by atoms with Crippen LogP contribution >= 0.6 is 23.1 Å². The van der Waals surface area contributed by atoms with Gasteiger partial charge in [0.1, 0.15) is 5.75 Å². The van der Waals surface area contributed by atoms with Crippen LogP contribution in [0.1, 0.15) is 24.4 Å². The van der Waals surface area contributed by atoms with Gasteiger partial charge in [0.25, 0.3) is 0 Å². The number of thioether (sulfide) groups is 1. The number of nitriles is 1. The molecule has 1 aromatic carbocycles. The summed E-state index contributed by atoms with van der Waals surface area (Å²) in [5.74, 6) is 2.48. The number of benzene rings is 1. The van der Waals surface area contributed by atoms with Crippen molar-refractivity contribution in [3.05, 3.63) is 47.3 Å². The Morgan fingerprint density at radius 3 is 2.96 bits per heavy atom. The first-order valence-electron chi connectivity index (χ1n) is 8.09. The van der Waals surface area contributed by atoms with E-state index in [0.717, 1.165) is 27.4 Å². The van der Waals surface area contributed by atoms with E-state index in [-0.39, 0.29) is 0 Å². The second kappa shape index (κ2) is 7.30. The van der Waals surface area contributed by atoms with Crippen LogP contribution in [0.2, 0.25) is 0 Å². The Morgan fingerprint density at radius 2 is 2.20 bits per heavy atom. The first kappa shape index (κ1) is 16.2. The average molecular weight is 368 g/mol. The van der Waals surface area contributed by atoms with Gasteiger partial charge >= 0.3 is 0 Å². The summed E-state index contributed by atoms with van der Waals surface area (Å²) in [5, 5.41) is 20.7. The average Bonchev–Trinajstić information content (AvgIpc) is 3.17. The van der Waals surface area contributed by atoms with E-state index in [1.54, 1.807) is 35.2 Å². The molecule has 3 aromatic rings. The Labute approximate surface area is 154 Å². The molecule has 1 aliphatic carbocycles. The van der Waals surface area contributed by atoms with Gasteiger partial charge in [0.15, 0.2) is 11.0 Å². The second-order valence-corrected chi connectivity index (χ2v) is 7.73. The molecule has 0 N–H and O–H groups in total. The Balaban J connectivity index is 1.39. The van der Waals surface area contributed by atoms with Gasteiger partial charge < -0.3 is 4.74 Å². The van der Waals surface area contributed by atoms with Crippen LogP contribution in [0.25, 0.3) is 10.7 Å². The molecule has 5 nitrogen and oxygen atoms in total. The monoisotopic (exact) mass is 368 g/mol. The van der Waals surface area contributed by atoms with E-state index in [1.165, 1.54) is 12.8 Å². The zero-order chi connectivity index (χ0) is 17.1. The molecular weight excluding hydrogens is 352 g/mol. The molecule has 1 aliphatic rings. The molecule has 4 rings (SSSR count). The predicted octanol–water partition coefficient (Wildman–Crippen LogP) is 4.38. The smallest absolute Gasteiger partial charge is 0.191 e. The van der Waals surface area contributed by atoms with Gasteiger partial charge in [0, 0.05) is 11.8 Å². The van der Waals surface area contributed by atoms with E-state index in [4.69, 9.17) is 10.00 Å². The van der Waals surface area contributed by atoms with Crippen molar-refractivity contribution in [2.24, 2.45) is 0 Å². The molecule has 2 aromatic heterocycles. The Hall–Kier alpha value is -2.30. The minimum Gasteiger partial charge on any atom is -0.493 e.